The normalized spacial score (nSPS) is 14.6. The fourth-order valence-electron chi connectivity index (χ4n) is 3.72. The van der Waals surface area contributed by atoms with Crippen LogP contribution in [-0.2, 0) is 0 Å². The van der Waals surface area contributed by atoms with E-state index in [4.69, 9.17) is 10.5 Å². The van der Waals surface area contributed by atoms with E-state index in [-0.39, 0.29) is 22.0 Å². The van der Waals surface area contributed by atoms with E-state index in [9.17, 15) is 14.3 Å². The molecule has 0 amide bonds. The second-order valence-electron chi connectivity index (χ2n) is 8.45. The number of anilines is 4. The average Bonchev–Trinajstić information content (AvgIpc) is 3.24. The van der Waals surface area contributed by atoms with Gasteiger partial charge in [-0.2, -0.15) is 0 Å². The number of benzene rings is 2. The van der Waals surface area contributed by atoms with Crippen LogP contribution in [0.5, 0.6) is 5.75 Å². The van der Waals surface area contributed by atoms with E-state index in [0.29, 0.717) is 5.13 Å². The number of ether oxygens (including phenoxy) is 1. The molecular formula is C26H34FN5O3S. The topological polar surface area (TPSA) is 104 Å². The van der Waals surface area contributed by atoms with Gasteiger partial charge >= 0.3 is 0 Å². The van der Waals surface area contributed by atoms with Gasteiger partial charge in [0.2, 0.25) is 5.78 Å². The molecule has 0 aliphatic carbocycles. The summed E-state index contributed by atoms with van der Waals surface area (Å²) >= 11 is 1.12. The Balaban J connectivity index is 0.00000115. The van der Waals surface area contributed by atoms with Crippen molar-refractivity contribution in [3.05, 3.63) is 58.7 Å². The molecule has 3 aromatic rings. The van der Waals surface area contributed by atoms with Crippen molar-refractivity contribution in [3.8, 4) is 5.75 Å². The number of aliphatic hydroxyl groups is 1. The summed E-state index contributed by atoms with van der Waals surface area (Å²) in [4.78, 5) is 21.6. The summed E-state index contributed by atoms with van der Waals surface area (Å²) in [6.45, 7) is 9.35. The molecule has 10 heteroatoms. The van der Waals surface area contributed by atoms with Crippen LogP contribution < -0.4 is 20.7 Å². The number of carbonyl (C=O) groups is 1. The Hall–Kier alpha value is -3.21. The number of aliphatic hydroxyl groups excluding tert-OH is 1. The Labute approximate surface area is 215 Å². The van der Waals surface area contributed by atoms with E-state index in [1.54, 1.807) is 6.92 Å². The van der Waals surface area contributed by atoms with E-state index in [1.165, 1.54) is 25.7 Å². The monoisotopic (exact) mass is 515 g/mol. The average molecular weight is 516 g/mol. The Kier molecular flexibility index (Phi) is 9.63. The zero-order valence-corrected chi connectivity index (χ0v) is 21.9. The molecule has 0 bridgehead atoms. The predicted molar refractivity (Wildman–Crippen MR) is 144 cm³/mol. The predicted octanol–water partition coefficient (Wildman–Crippen LogP) is 4.72. The number of nitrogens with two attached hydrogens (primary N) is 1. The SMILES string of the molecule is CCC.COc1ccc(C(=O)c2sc(Nc3ccc(N4CCN(C(C)O)CC4)cc3)nc2N)cc1F. The number of nitrogens with one attached hydrogen (secondary N) is 1. The van der Waals surface area contributed by atoms with Gasteiger partial charge in [-0.05, 0) is 49.4 Å². The number of aromatic nitrogens is 1. The molecule has 1 fully saturated rings. The number of methoxy groups -OCH3 is 1. The van der Waals surface area contributed by atoms with Crippen molar-refractivity contribution in [3.63, 3.8) is 0 Å². The number of rotatable bonds is 7. The molecule has 0 saturated carbocycles. The first-order chi connectivity index (χ1) is 17.3. The summed E-state index contributed by atoms with van der Waals surface area (Å²) in [5, 5.41) is 13.4. The molecule has 1 aliphatic rings. The van der Waals surface area contributed by atoms with Gasteiger partial charge in [-0.3, -0.25) is 9.69 Å². The molecular weight excluding hydrogens is 481 g/mol. The number of piperazine rings is 1. The molecule has 0 radical (unpaired) electrons. The highest BCUT2D eigenvalue weighted by Crippen LogP contribution is 2.31. The quantitative estimate of drug-likeness (QED) is 0.388. The first kappa shape index (κ1) is 27.4. The summed E-state index contributed by atoms with van der Waals surface area (Å²) in [7, 11) is 1.36. The Morgan fingerprint density at radius 3 is 2.39 bits per heavy atom. The molecule has 36 heavy (non-hydrogen) atoms. The molecule has 4 rings (SSSR count). The molecule has 1 aliphatic heterocycles. The van der Waals surface area contributed by atoms with Gasteiger partial charge in [-0.1, -0.05) is 31.6 Å². The first-order valence-electron chi connectivity index (χ1n) is 12.0. The van der Waals surface area contributed by atoms with E-state index in [0.717, 1.165) is 55.0 Å². The fraction of sp³-hybridized carbons (Fsp3) is 0.385. The lowest BCUT2D eigenvalue weighted by Crippen LogP contribution is -2.49. The van der Waals surface area contributed by atoms with Gasteiger partial charge in [0.15, 0.2) is 16.7 Å². The van der Waals surface area contributed by atoms with Gasteiger partial charge in [-0.25, -0.2) is 9.37 Å². The van der Waals surface area contributed by atoms with E-state index in [1.807, 2.05) is 29.2 Å². The summed E-state index contributed by atoms with van der Waals surface area (Å²) in [6.07, 6.45) is 0.824. The Bertz CT molecular complexity index is 1140. The largest absolute Gasteiger partial charge is 0.494 e. The van der Waals surface area contributed by atoms with Crippen molar-refractivity contribution in [2.75, 3.05) is 49.2 Å². The minimum atomic E-state index is -0.614. The maximum atomic E-state index is 14.0. The number of carbonyl (C=O) groups excluding carboxylic acids is 1. The number of nitrogen functional groups attached to an aromatic ring is 1. The summed E-state index contributed by atoms with van der Waals surface area (Å²) in [6, 6.07) is 11.9. The van der Waals surface area contributed by atoms with Crippen LogP contribution in [0.4, 0.5) is 26.7 Å². The molecule has 2 aromatic carbocycles. The highest BCUT2D eigenvalue weighted by molar-refractivity contribution is 7.18. The van der Waals surface area contributed by atoms with Crippen LogP contribution in [-0.4, -0.2) is 60.3 Å². The van der Waals surface area contributed by atoms with Crippen molar-refractivity contribution in [1.82, 2.24) is 9.88 Å². The van der Waals surface area contributed by atoms with Crippen molar-refractivity contribution in [2.45, 2.75) is 33.4 Å². The maximum absolute atomic E-state index is 14.0. The Morgan fingerprint density at radius 2 is 1.83 bits per heavy atom. The van der Waals surface area contributed by atoms with Crippen LogP contribution in [0.25, 0.3) is 0 Å². The summed E-state index contributed by atoms with van der Waals surface area (Å²) in [5.41, 5.74) is 8.06. The molecule has 1 unspecified atom stereocenters. The van der Waals surface area contributed by atoms with Gasteiger partial charge in [0.1, 0.15) is 16.9 Å². The smallest absolute Gasteiger partial charge is 0.206 e. The van der Waals surface area contributed by atoms with Gasteiger partial charge < -0.3 is 25.8 Å². The van der Waals surface area contributed by atoms with Crippen LogP contribution in [0.3, 0.4) is 0 Å². The minimum absolute atomic E-state index is 0.0689. The standard InChI is InChI=1S/C23H26FN5O3S.C3H8/c1-14(30)28-9-11-29(12-10-28)17-6-4-16(5-7-17)26-23-27-22(25)21(33-23)20(31)15-3-8-19(32-2)18(24)13-15;1-3-2/h3-8,13-14,30H,9-12,25H2,1-2H3,(H,26,27);3H2,1-2H3. The lowest BCUT2D eigenvalue weighted by Gasteiger charge is -2.37. The Morgan fingerprint density at radius 1 is 1.19 bits per heavy atom. The van der Waals surface area contributed by atoms with Crippen molar-refractivity contribution in [1.29, 1.82) is 0 Å². The molecule has 194 valence electrons. The third kappa shape index (κ3) is 6.71. The zero-order valence-electron chi connectivity index (χ0n) is 21.1. The fourth-order valence-corrected chi connectivity index (χ4v) is 4.59. The number of hydrogen-bond acceptors (Lipinski definition) is 9. The summed E-state index contributed by atoms with van der Waals surface area (Å²) in [5.74, 6) is -0.848. The van der Waals surface area contributed by atoms with Crippen molar-refractivity contribution >= 4 is 39.4 Å². The van der Waals surface area contributed by atoms with E-state index in [2.05, 4.69) is 29.0 Å². The van der Waals surface area contributed by atoms with Crippen LogP contribution in [0, 0.1) is 5.82 Å². The first-order valence-corrected chi connectivity index (χ1v) is 12.8. The molecule has 2 heterocycles. The minimum Gasteiger partial charge on any atom is -0.494 e. The molecule has 8 nitrogen and oxygen atoms in total. The van der Waals surface area contributed by atoms with Gasteiger partial charge in [0.25, 0.3) is 0 Å². The van der Waals surface area contributed by atoms with Crippen molar-refractivity contribution < 1.29 is 19.0 Å². The van der Waals surface area contributed by atoms with E-state index >= 15 is 0 Å². The lowest BCUT2D eigenvalue weighted by molar-refractivity contribution is 0.0153. The summed E-state index contributed by atoms with van der Waals surface area (Å²) < 4.78 is 18.9. The van der Waals surface area contributed by atoms with Crippen LogP contribution in [0.1, 0.15) is 42.4 Å². The number of nitrogens with zero attached hydrogens (tertiary/aromatic N) is 3. The van der Waals surface area contributed by atoms with Crippen LogP contribution in [0.15, 0.2) is 42.5 Å². The molecule has 1 saturated heterocycles. The second-order valence-corrected chi connectivity index (χ2v) is 9.44. The van der Waals surface area contributed by atoms with E-state index < -0.39 is 17.8 Å². The highest BCUT2D eigenvalue weighted by atomic mass is 32.1. The zero-order chi connectivity index (χ0) is 26.2. The molecule has 1 aromatic heterocycles. The third-order valence-electron chi connectivity index (χ3n) is 5.60. The molecule has 1 atom stereocenters. The second kappa shape index (κ2) is 12.7. The molecule has 4 N–H and O–H groups in total. The van der Waals surface area contributed by atoms with Gasteiger partial charge in [0, 0.05) is 43.1 Å². The third-order valence-corrected chi connectivity index (χ3v) is 6.59. The number of thiazole rings is 1. The van der Waals surface area contributed by atoms with Crippen molar-refractivity contribution in [2.24, 2.45) is 0 Å². The highest BCUT2D eigenvalue weighted by Gasteiger charge is 2.21. The maximum Gasteiger partial charge on any atom is 0.206 e. The number of ketones is 1. The lowest BCUT2D eigenvalue weighted by atomic mass is 10.1. The van der Waals surface area contributed by atoms with Gasteiger partial charge in [0.05, 0.1) is 7.11 Å². The number of halogens is 1. The van der Waals surface area contributed by atoms with Crippen LogP contribution in [0.2, 0.25) is 0 Å². The van der Waals surface area contributed by atoms with Crippen LogP contribution >= 0.6 is 11.3 Å². The number of hydrogen-bond donors (Lipinski definition) is 3. The van der Waals surface area contributed by atoms with Gasteiger partial charge in [-0.15, -0.1) is 0 Å². The molecule has 0 spiro atoms.